The number of rotatable bonds is 9. The Balaban J connectivity index is 0.00000289. The van der Waals surface area contributed by atoms with Crippen molar-refractivity contribution < 1.29 is 23.8 Å². The van der Waals surface area contributed by atoms with Crippen LogP contribution in [0.4, 0.5) is 4.39 Å². The molecule has 0 unspecified atom stereocenters. The second kappa shape index (κ2) is 11.0. The standard InChI is InChI=1S/C25H30FNO4.H2S/c1-30-24-12-22(23(26)14-27-24)18-7-5-16(6-8-18)15-31-20-4-2-3-19(11-20)21(13-25(28)29)17-9-10-17;/h2-4,11-12,14,16-18,21H,5-10,13,15H2,1H3,(H,28,29);1H2/t16?,18?,21-;/m0./s1. The van der Waals surface area contributed by atoms with E-state index in [1.165, 1.54) is 6.20 Å². The lowest BCUT2D eigenvalue weighted by molar-refractivity contribution is -0.137. The summed E-state index contributed by atoms with van der Waals surface area (Å²) in [6, 6.07) is 9.64. The van der Waals surface area contributed by atoms with Gasteiger partial charge in [0.2, 0.25) is 5.88 Å². The lowest BCUT2D eigenvalue weighted by Crippen LogP contribution is -2.20. The van der Waals surface area contributed by atoms with Gasteiger partial charge in [-0.15, -0.1) is 0 Å². The Labute approximate surface area is 195 Å². The first-order valence-electron chi connectivity index (χ1n) is 11.2. The molecule has 2 aliphatic carbocycles. The molecule has 0 radical (unpaired) electrons. The van der Waals surface area contributed by atoms with Gasteiger partial charge in [-0.25, -0.2) is 9.37 Å². The molecule has 1 heterocycles. The predicted octanol–water partition coefficient (Wildman–Crippen LogP) is 5.66. The quantitative estimate of drug-likeness (QED) is 0.522. The first-order valence-corrected chi connectivity index (χ1v) is 11.2. The molecule has 0 saturated heterocycles. The predicted molar refractivity (Wildman–Crippen MR) is 125 cm³/mol. The van der Waals surface area contributed by atoms with Crippen molar-refractivity contribution >= 4 is 19.5 Å². The van der Waals surface area contributed by atoms with Crippen LogP contribution in [0.2, 0.25) is 0 Å². The molecule has 5 nitrogen and oxygen atoms in total. The van der Waals surface area contributed by atoms with Gasteiger partial charge in [-0.2, -0.15) is 13.5 Å². The van der Waals surface area contributed by atoms with E-state index in [2.05, 4.69) is 4.98 Å². The van der Waals surface area contributed by atoms with Crippen molar-refractivity contribution in [1.82, 2.24) is 4.98 Å². The zero-order valence-corrected chi connectivity index (χ0v) is 19.4. The number of carbonyl (C=O) groups is 1. The second-order valence-electron chi connectivity index (χ2n) is 8.89. The van der Waals surface area contributed by atoms with Gasteiger partial charge in [0.1, 0.15) is 11.6 Å². The molecule has 0 aliphatic heterocycles. The fraction of sp³-hybridized carbons (Fsp3) is 0.520. The van der Waals surface area contributed by atoms with E-state index in [1.807, 2.05) is 24.3 Å². The Morgan fingerprint density at radius 3 is 2.59 bits per heavy atom. The molecule has 7 heteroatoms. The van der Waals surface area contributed by atoms with E-state index < -0.39 is 5.97 Å². The molecule has 0 amide bonds. The van der Waals surface area contributed by atoms with Gasteiger partial charge < -0.3 is 14.6 Å². The molecule has 1 aromatic heterocycles. The zero-order valence-electron chi connectivity index (χ0n) is 18.4. The van der Waals surface area contributed by atoms with Crippen LogP contribution in [0.25, 0.3) is 0 Å². The molecule has 2 saturated carbocycles. The average molecular weight is 462 g/mol. The summed E-state index contributed by atoms with van der Waals surface area (Å²) < 4.78 is 25.5. The number of aliphatic carboxylic acids is 1. The highest BCUT2D eigenvalue weighted by Gasteiger charge is 2.34. The highest BCUT2D eigenvalue weighted by Crippen LogP contribution is 2.45. The van der Waals surface area contributed by atoms with Crippen molar-refractivity contribution in [2.45, 2.75) is 56.8 Å². The molecule has 32 heavy (non-hydrogen) atoms. The Morgan fingerprint density at radius 1 is 1.19 bits per heavy atom. The molecule has 2 fully saturated rings. The summed E-state index contributed by atoms with van der Waals surface area (Å²) >= 11 is 0. The summed E-state index contributed by atoms with van der Waals surface area (Å²) in [5.41, 5.74) is 1.76. The summed E-state index contributed by atoms with van der Waals surface area (Å²) in [5, 5.41) is 9.25. The molecular formula is C25H32FNO4S. The normalized spacial score (nSPS) is 21.3. The van der Waals surface area contributed by atoms with E-state index in [0.717, 1.165) is 49.8 Å². The molecule has 4 rings (SSSR count). The van der Waals surface area contributed by atoms with Crippen LogP contribution in [0.3, 0.4) is 0 Å². The number of hydrogen-bond donors (Lipinski definition) is 1. The largest absolute Gasteiger partial charge is 0.493 e. The fourth-order valence-electron chi connectivity index (χ4n) is 4.79. The van der Waals surface area contributed by atoms with E-state index in [0.29, 0.717) is 29.9 Å². The monoisotopic (exact) mass is 461 g/mol. The maximum absolute atomic E-state index is 14.2. The van der Waals surface area contributed by atoms with E-state index in [1.54, 1.807) is 13.2 Å². The minimum Gasteiger partial charge on any atom is -0.493 e. The number of methoxy groups -OCH3 is 1. The summed E-state index contributed by atoms with van der Waals surface area (Å²) in [6.45, 7) is 0.630. The number of carboxylic acids is 1. The first-order chi connectivity index (χ1) is 15.0. The molecule has 1 aromatic carbocycles. The second-order valence-corrected chi connectivity index (χ2v) is 8.89. The highest BCUT2D eigenvalue weighted by molar-refractivity contribution is 7.59. The van der Waals surface area contributed by atoms with Crippen LogP contribution in [-0.2, 0) is 4.79 Å². The Kier molecular flexibility index (Phi) is 8.40. The summed E-state index contributed by atoms with van der Waals surface area (Å²) in [5.74, 6) is 1.43. The molecular weight excluding hydrogens is 429 g/mol. The van der Waals surface area contributed by atoms with E-state index >= 15 is 0 Å². The SMILES string of the molecule is COc1cc(C2CCC(COc3cccc([C@@H](CC(=O)O)C4CC4)c3)CC2)c(F)cn1.S. The van der Waals surface area contributed by atoms with E-state index in [4.69, 9.17) is 9.47 Å². The average Bonchev–Trinajstić information content (AvgIpc) is 3.62. The number of nitrogens with zero attached hydrogens (tertiary/aromatic N) is 1. The Morgan fingerprint density at radius 2 is 1.94 bits per heavy atom. The maximum atomic E-state index is 14.2. The lowest BCUT2D eigenvalue weighted by Gasteiger charge is -2.29. The van der Waals surface area contributed by atoms with E-state index in [9.17, 15) is 14.3 Å². The van der Waals surface area contributed by atoms with Crippen molar-refractivity contribution in [3.8, 4) is 11.6 Å². The third kappa shape index (κ3) is 6.15. The number of hydrogen-bond acceptors (Lipinski definition) is 4. The van der Waals surface area contributed by atoms with Gasteiger partial charge in [0, 0.05) is 6.07 Å². The molecule has 0 bridgehead atoms. The van der Waals surface area contributed by atoms with Crippen LogP contribution in [0.15, 0.2) is 36.5 Å². The van der Waals surface area contributed by atoms with Gasteiger partial charge >= 0.3 is 5.97 Å². The van der Waals surface area contributed by atoms with Crippen LogP contribution >= 0.6 is 13.5 Å². The Hall–Kier alpha value is -2.28. The van der Waals surface area contributed by atoms with Gasteiger partial charge in [-0.3, -0.25) is 4.79 Å². The topological polar surface area (TPSA) is 68.7 Å². The Bertz CT molecular complexity index is 913. The van der Waals surface area contributed by atoms with E-state index in [-0.39, 0.29) is 37.6 Å². The number of carboxylic acid groups (broad SMARTS) is 1. The number of aromatic nitrogens is 1. The number of pyridine rings is 1. The molecule has 2 aromatic rings. The smallest absolute Gasteiger partial charge is 0.303 e. The number of ether oxygens (including phenoxy) is 2. The minimum atomic E-state index is -0.747. The van der Waals surface area contributed by atoms with Crippen LogP contribution < -0.4 is 9.47 Å². The van der Waals surface area contributed by atoms with Gasteiger partial charge in [-0.1, -0.05) is 12.1 Å². The third-order valence-corrected chi connectivity index (χ3v) is 6.71. The molecule has 2 aliphatic rings. The van der Waals surface area contributed by atoms with Gasteiger partial charge in [0.05, 0.1) is 26.3 Å². The molecule has 0 spiro atoms. The first kappa shape index (κ1) is 24.4. The van der Waals surface area contributed by atoms with Crippen molar-refractivity contribution in [3.63, 3.8) is 0 Å². The summed E-state index contributed by atoms with van der Waals surface area (Å²) in [7, 11) is 1.54. The van der Waals surface area contributed by atoms with Crippen molar-refractivity contribution in [1.29, 1.82) is 0 Å². The highest BCUT2D eigenvalue weighted by atomic mass is 32.1. The van der Waals surface area contributed by atoms with Crippen molar-refractivity contribution in [3.05, 3.63) is 53.5 Å². The maximum Gasteiger partial charge on any atom is 0.303 e. The van der Waals surface area contributed by atoms with Crippen molar-refractivity contribution in [2.75, 3.05) is 13.7 Å². The van der Waals surface area contributed by atoms with Crippen LogP contribution in [0, 0.1) is 17.7 Å². The summed E-state index contributed by atoms with van der Waals surface area (Å²) in [6.07, 6.45) is 7.44. The zero-order chi connectivity index (χ0) is 21.8. The van der Waals surface area contributed by atoms with Crippen LogP contribution in [0.1, 0.15) is 67.9 Å². The van der Waals surface area contributed by atoms with Crippen LogP contribution in [-0.4, -0.2) is 29.8 Å². The summed E-state index contributed by atoms with van der Waals surface area (Å²) in [4.78, 5) is 15.2. The minimum absolute atomic E-state index is 0. The fourth-order valence-corrected chi connectivity index (χ4v) is 4.79. The molecule has 174 valence electrons. The third-order valence-electron chi connectivity index (χ3n) is 6.71. The number of halogens is 1. The lowest BCUT2D eigenvalue weighted by atomic mass is 9.79. The van der Waals surface area contributed by atoms with Crippen molar-refractivity contribution in [2.24, 2.45) is 11.8 Å². The molecule has 1 N–H and O–H groups in total. The number of benzene rings is 1. The van der Waals surface area contributed by atoms with Gasteiger partial charge in [0.25, 0.3) is 0 Å². The molecule has 1 atom stereocenters. The van der Waals surface area contributed by atoms with Gasteiger partial charge in [-0.05, 0) is 85.5 Å². The van der Waals surface area contributed by atoms with Gasteiger partial charge in [0.15, 0.2) is 0 Å². The van der Waals surface area contributed by atoms with Crippen LogP contribution in [0.5, 0.6) is 11.6 Å².